The number of fused-ring (bicyclic) bond motifs is 3. The summed E-state index contributed by atoms with van der Waals surface area (Å²) in [6.07, 6.45) is 4.99. The van der Waals surface area contributed by atoms with Crippen molar-refractivity contribution < 1.29 is 4.42 Å². The molecule has 0 N–H and O–H groups in total. The maximum atomic E-state index is 12.9. The molecule has 0 spiro atoms. The third-order valence-electron chi connectivity index (χ3n) is 7.35. The van der Waals surface area contributed by atoms with E-state index in [2.05, 4.69) is 45.9 Å². The lowest BCUT2D eigenvalue weighted by molar-refractivity contribution is 0.309. The van der Waals surface area contributed by atoms with Crippen molar-refractivity contribution in [2.45, 2.75) is 39.3 Å². The van der Waals surface area contributed by atoms with E-state index in [9.17, 15) is 4.79 Å². The largest absolute Gasteiger partial charge is 0.422 e. The molecule has 4 aromatic rings. The Balaban J connectivity index is 1.40. The molecule has 1 unspecified atom stereocenters. The fourth-order valence-electron chi connectivity index (χ4n) is 5.72. The number of hydrogen-bond acceptors (Lipinski definition) is 6. The van der Waals surface area contributed by atoms with Gasteiger partial charge in [-0.3, -0.25) is 4.98 Å². The fraction of sp³-hybridized carbons (Fsp3) is 0.400. The minimum absolute atomic E-state index is 0.367. The summed E-state index contributed by atoms with van der Waals surface area (Å²) in [6.45, 7) is 8.39. The van der Waals surface area contributed by atoms with Crippen molar-refractivity contribution in [3.05, 3.63) is 58.5 Å². The van der Waals surface area contributed by atoms with Gasteiger partial charge in [0.05, 0.1) is 22.6 Å². The Labute approximate surface area is 186 Å². The highest BCUT2D eigenvalue weighted by Gasteiger charge is 2.44. The average Bonchev–Trinajstić information content (AvgIpc) is 3.43. The number of hydrogen-bond donors (Lipinski definition) is 0. The number of aromatic nitrogens is 3. The van der Waals surface area contributed by atoms with E-state index in [1.54, 1.807) is 0 Å². The molecule has 0 bridgehead atoms. The number of likely N-dealkylation sites (N-methyl/N-ethyl adjacent to an activating group) is 1. The van der Waals surface area contributed by atoms with E-state index in [0.717, 1.165) is 41.2 Å². The van der Waals surface area contributed by atoms with Crippen LogP contribution in [-0.4, -0.2) is 51.5 Å². The van der Waals surface area contributed by atoms with Crippen LogP contribution in [0, 0.1) is 19.8 Å². The molecule has 1 aromatic carbocycles. The molecule has 2 fully saturated rings. The zero-order valence-electron chi connectivity index (χ0n) is 18.9. The summed E-state index contributed by atoms with van der Waals surface area (Å²) in [5.41, 5.74) is 4.95. The van der Waals surface area contributed by atoms with Crippen molar-refractivity contribution >= 4 is 22.3 Å². The first-order valence-electron chi connectivity index (χ1n) is 11.3. The Morgan fingerprint density at radius 3 is 2.81 bits per heavy atom. The van der Waals surface area contributed by atoms with Gasteiger partial charge in [0, 0.05) is 54.7 Å². The third-order valence-corrected chi connectivity index (χ3v) is 7.35. The summed E-state index contributed by atoms with van der Waals surface area (Å²) in [7, 11) is 2.21. The predicted octanol–water partition coefficient (Wildman–Crippen LogP) is 3.65. The molecule has 0 saturated carbocycles. The molecule has 0 amide bonds. The van der Waals surface area contributed by atoms with Crippen molar-refractivity contribution in [1.29, 1.82) is 0 Å². The van der Waals surface area contributed by atoms with Crippen LogP contribution in [-0.2, 0) is 0 Å². The predicted molar refractivity (Wildman–Crippen MR) is 125 cm³/mol. The minimum Gasteiger partial charge on any atom is -0.422 e. The maximum Gasteiger partial charge on any atom is 0.345 e. The normalized spacial score (nSPS) is 23.5. The van der Waals surface area contributed by atoms with E-state index in [-0.39, 0.29) is 5.63 Å². The Morgan fingerprint density at radius 1 is 1.12 bits per heavy atom. The second-order valence-electron chi connectivity index (χ2n) is 9.41. The van der Waals surface area contributed by atoms with E-state index in [4.69, 9.17) is 4.42 Å². The molecule has 7 nitrogen and oxygen atoms in total. The smallest absolute Gasteiger partial charge is 0.345 e. The lowest BCUT2D eigenvalue weighted by atomic mass is 10.0. The Hall–Kier alpha value is -3.19. The molecule has 5 heterocycles. The number of imidazole rings is 1. The second kappa shape index (κ2) is 6.90. The number of benzene rings is 1. The lowest BCUT2D eigenvalue weighted by Crippen LogP contribution is -2.41. The van der Waals surface area contributed by atoms with Crippen molar-refractivity contribution in [1.82, 2.24) is 19.3 Å². The molecule has 2 aliphatic heterocycles. The van der Waals surface area contributed by atoms with Gasteiger partial charge in [0.2, 0.25) is 0 Å². The summed E-state index contributed by atoms with van der Waals surface area (Å²) < 4.78 is 7.72. The van der Waals surface area contributed by atoms with Gasteiger partial charge in [-0.1, -0.05) is 0 Å². The molecule has 2 aliphatic rings. The monoisotopic (exact) mass is 429 g/mol. The number of rotatable bonds is 2. The van der Waals surface area contributed by atoms with Gasteiger partial charge in [0.1, 0.15) is 5.58 Å². The van der Waals surface area contributed by atoms with Crippen LogP contribution in [0.3, 0.4) is 0 Å². The summed E-state index contributed by atoms with van der Waals surface area (Å²) in [4.78, 5) is 27.0. The topological polar surface area (TPSA) is 66.9 Å². The first kappa shape index (κ1) is 19.5. The van der Waals surface area contributed by atoms with E-state index in [1.807, 2.05) is 42.8 Å². The van der Waals surface area contributed by atoms with Gasteiger partial charge in [-0.25, -0.2) is 9.78 Å². The van der Waals surface area contributed by atoms with Crippen molar-refractivity contribution in [3.8, 4) is 11.3 Å². The van der Waals surface area contributed by atoms with Gasteiger partial charge in [0.15, 0.2) is 5.65 Å². The van der Waals surface area contributed by atoms with Crippen LogP contribution in [0.15, 0.2) is 45.9 Å². The number of aryl methyl sites for hydroxylation is 2. The van der Waals surface area contributed by atoms with Crippen LogP contribution in [0.2, 0.25) is 0 Å². The van der Waals surface area contributed by atoms with Crippen LogP contribution >= 0.6 is 0 Å². The molecule has 3 atom stereocenters. The number of likely N-dealkylation sites (tertiary alicyclic amines) is 1. The van der Waals surface area contributed by atoms with Crippen LogP contribution in [0.5, 0.6) is 0 Å². The molecular weight excluding hydrogens is 402 g/mol. The van der Waals surface area contributed by atoms with Gasteiger partial charge in [0.25, 0.3) is 0 Å². The lowest BCUT2D eigenvalue weighted by Gasteiger charge is -2.31. The van der Waals surface area contributed by atoms with Crippen molar-refractivity contribution in [3.63, 3.8) is 0 Å². The Kier molecular flexibility index (Phi) is 4.21. The highest BCUT2D eigenvalue weighted by Crippen LogP contribution is 2.38. The Morgan fingerprint density at radius 2 is 1.97 bits per heavy atom. The zero-order chi connectivity index (χ0) is 22.1. The average molecular weight is 430 g/mol. The van der Waals surface area contributed by atoms with Gasteiger partial charge in [-0.15, -0.1) is 0 Å². The second-order valence-corrected chi connectivity index (χ2v) is 9.41. The summed E-state index contributed by atoms with van der Waals surface area (Å²) >= 11 is 0. The van der Waals surface area contributed by atoms with E-state index in [1.165, 1.54) is 6.42 Å². The first-order chi connectivity index (χ1) is 15.4. The fourth-order valence-corrected chi connectivity index (χ4v) is 5.72. The van der Waals surface area contributed by atoms with Crippen LogP contribution in [0.25, 0.3) is 27.9 Å². The quantitative estimate of drug-likeness (QED) is 0.453. The van der Waals surface area contributed by atoms with Gasteiger partial charge >= 0.3 is 5.63 Å². The van der Waals surface area contributed by atoms with Gasteiger partial charge < -0.3 is 18.6 Å². The van der Waals surface area contributed by atoms with Crippen LogP contribution < -0.4 is 10.5 Å². The van der Waals surface area contributed by atoms with E-state index >= 15 is 0 Å². The minimum atomic E-state index is -0.367. The molecule has 6 rings (SSSR count). The molecule has 2 saturated heterocycles. The van der Waals surface area contributed by atoms with Crippen molar-refractivity contribution in [2.75, 3.05) is 25.0 Å². The number of nitrogens with zero attached hydrogens (tertiary/aromatic N) is 5. The summed E-state index contributed by atoms with van der Waals surface area (Å²) in [5.74, 6) is 0.705. The maximum absolute atomic E-state index is 12.9. The SMILES string of the molecule is Cc1cn2cc(-c3cc4ccc(N5CC[C@H]6CN(C)C(C)[C@H]65)cc4oc3=O)nc2c(C)n1. The zero-order valence-corrected chi connectivity index (χ0v) is 18.9. The molecule has 32 heavy (non-hydrogen) atoms. The van der Waals surface area contributed by atoms with Crippen LogP contribution in [0.4, 0.5) is 5.69 Å². The van der Waals surface area contributed by atoms with Gasteiger partial charge in [-0.05, 0) is 58.4 Å². The standard InChI is InChI=1S/C25H27N5O2/c1-14-11-29-13-21(27-24(29)15(2)26-14)20-9-17-5-6-19(10-22(17)32-25(20)31)30-8-7-18-12-28(4)16(3)23(18)30/h5-6,9-11,13,16,18,23H,7-8,12H2,1-4H3/t16?,18-,23+/m0/s1. The highest BCUT2D eigenvalue weighted by atomic mass is 16.4. The molecule has 0 radical (unpaired) electrons. The molecular formula is C25H27N5O2. The summed E-state index contributed by atoms with van der Waals surface area (Å²) in [5, 5.41) is 0.902. The first-order valence-corrected chi connectivity index (χ1v) is 11.3. The number of anilines is 1. The highest BCUT2D eigenvalue weighted by molar-refractivity contribution is 5.84. The van der Waals surface area contributed by atoms with Crippen molar-refractivity contribution in [2.24, 2.45) is 5.92 Å². The molecule has 7 heteroatoms. The molecule has 3 aromatic heterocycles. The van der Waals surface area contributed by atoms with E-state index < -0.39 is 0 Å². The summed E-state index contributed by atoms with van der Waals surface area (Å²) in [6, 6.07) is 9.16. The molecule has 0 aliphatic carbocycles. The Bertz CT molecular complexity index is 1420. The third kappa shape index (κ3) is 2.88. The molecule has 164 valence electrons. The van der Waals surface area contributed by atoms with Crippen LogP contribution in [0.1, 0.15) is 24.7 Å². The van der Waals surface area contributed by atoms with E-state index in [0.29, 0.717) is 34.8 Å². The van der Waals surface area contributed by atoms with Gasteiger partial charge in [-0.2, -0.15) is 0 Å².